The molecule has 0 radical (unpaired) electrons. The first kappa shape index (κ1) is 23.7. The smallest absolute Gasteiger partial charge is 0.280 e. The van der Waals surface area contributed by atoms with Gasteiger partial charge < -0.3 is 0 Å². The molecule has 8 heteroatoms. The Bertz CT molecular complexity index is 887. The number of likely N-dealkylation sites (N-methyl/N-ethyl adjacent to an activating group) is 1. The fourth-order valence-electron chi connectivity index (χ4n) is 3.29. The van der Waals surface area contributed by atoms with Crippen LogP contribution in [0.2, 0.25) is 0 Å². The first-order chi connectivity index (χ1) is 14.0. The number of carbonyl (C=O) groups is 1. The Labute approximate surface area is 178 Å². The highest BCUT2D eigenvalue weighted by Gasteiger charge is 2.53. The third-order valence-corrected chi connectivity index (χ3v) is 5.01. The summed E-state index contributed by atoms with van der Waals surface area (Å²) in [5.74, 6) is 0.165. The minimum atomic E-state index is -4.94. The molecular formula is C22H25ClN2O5. The second-order valence-corrected chi connectivity index (χ2v) is 8.06. The maximum absolute atomic E-state index is 12.8. The third kappa shape index (κ3) is 6.76. The maximum atomic E-state index is 12.8. The number of carbonyl (C=O) groups excluding carboxylic acids is 1. The van der Waals surface area contributed by atoms with Crippen molar-refractivity contribution in [2.24, 2.45) is 0 Å². The third-order valence-electron chi connectivity index (χ3n) is 5.01. The maximum Gasteiger partial charge on any atom is 0.296 e. The Morgan fingerprint density at radius 3 is 2.03 bits per heavy atom. The van der Waals surface area contributed by atoms with Gasteiger partial charge in [-0.15, -0.1) is 10.2 Å². The fraction of sp³-hybridized carbons (Fsp3) is 0.273. The quantitative estimate of drug-likeness (QED) is 0.565. The predicted molar refractivity (Wildman–Crippen MR) is 103 cm³/mol. The molecule has 1 aliphatic rings. The largest absolute Gasteiger partial charge is 0.296 e. The highest BCUT2D eigenvalue weighted by Crippen LogP contribution is 2.27. The molecule has 2 aromatic carbocycles. The average molecular weight is 433 g/mol. The summed E-state index contributed by atoms with van der Waals surface area (Å²) >= 11 is 0. The van der Waals surface area contributed by atoms with E-state index in [9.17, 15) is 4.79 Å². The summed E-state index contributed by atoms with van der Waals surface area (Å²) < 4.78 is 36.1. The monoisotopic (exact) mass is 432 g/mol. The topological polar surface area (TPSA) is 116 Å². The van der Waals surface area contributed by atoms with E-state index in [2.05, 4.69) is 48.8 Å². The van der Waals surface area contributed by atoms with Crippen LogP contribution in [-0.4, -0.2) is 40.3 Å². The standard InChI is InChI=1S/C22H25N2O.ClHO4/c1-22(2)23(3)21(25)20(17-19-13-8-5-9-14-19)24(22)16-10-15-18-11-6-4-7-12-18;2-1(3,4)5/h4-16,20H,17H2,1-3H3;(H,2,3,4,5)/q+1;/p-1/b15-10+,24-16+;/t20-;/m0./s1. The lowest BCUT2D eigenvalue weighted by molar-refractivity contribution is -2.00. The number of hydrogen-bond acceptors (Lipinski definition) is 5. The summed E-state index contributed by atoms with van der Waals surface area (Å²) in [6, 6.07) is 20.2. The highest BCUT2D eigenvalue weighted by atomic mass is 35.7. The molecule has 1 atom stereocenters. The summed E-state index contributed by atoms with van der Waals surface area (Å²) in [5.41, 5.74) is 1.98. The fourth-order valence-corrected chi connectivity index (χ4v) is 3.29. The van der Waals surface area contributed by atoms with Gasteiger partial charge in [0.05, 0.1) is 0 Å². The van der Waals surface area contributed by atoms with Crippen molar-refractivity contribution >= 4 is 18.2 Å². The van der Waals surface area contributed by atoms with Crippen molar-refractivity contribution in [2.75, 3.05) is 7.05 Å². The van der Waals surface area contributed by atoms with Gasteiger partial charge in [0.2, 0.25) is 11.7 Å². The van der Waals surface area contributed by atoms with Crippen LogP contribution in [0.1, 0.15) is 25.0 Å². The van der Waals surface area contributed by atoms with Gasteiger partial charge in [0.25, 0.3) is 5.91 Å². The number of benzene rings is 2. The molecule has 0 bridgehead atoms. The van der Waals surface area contributed by atoms with Crippen molar-refractivity contribution in [1.29, 1.82) is 0 Å². The van der Waals surface area contributed by atoms with Crippen LogP contribution in [0, 0.1) is 10.2 Å². The van der Waals surface area contributed by atoms with Gasteiger partial charge in [0.15, 0.2) is 6.21 Å². The molecule has 0 aliphatic carbocycles. The lowest BCUT2D eigenvalue weighted by Gasteiger charge is -2.22. The van der Waals surface area contributed by atoms with Crippen molar-refractivity contribution in [2.45, 2.75) is 32.0 Å². The van der Waals surface area contributed by atoms with E-state index in [0.717, 1.165) is 5.56 Å². The summed E-state index contributed by atoms with van der Waals surface area (Å²) in [5, 5.41) is 0. The summed E-state index contributed by atoms with van der Waals surface area (Å²) in [4.78, 5) is 14.6. The van der Waals surface area contributed by atoms with E-state index < -0.39 is 10.2 Å². The number of nitrogens with zero attached hydrogens (tertiary/aromatic N) is 2. The number of amides is 1. The molecule has 1 fully saturated rings. The molecule has 0 saturated carbocycles. The van der Waals surface area contributed by atoms with E-state index in [1.165, 1.54) is 5.56 Å². The molecule has 1 heterocycles. The van der Waals surface area contributed by atoms with E-state index in [1.807, 2.05) is 60.6 Å². The minimum Gasteiger partial charge on any atom is -0.280 e. The molecule has 7 nitrogen and oxygen atoms in total. The van der Waals surface area contributed by atoms with E-state index >= 15 is 0 Å². The normalized spacial score (nSPS) is 19.8. The zero-order valence-electron chi connectivity index (χ0n) is 17.1. The molecule has 2 aromatic rings. The zero-order chi connectivity index (χ0) is 22.4. The van der Waals surface area contributed by atoms with E-state index in [-0.39, 0.29) is 17.6 Å². The Morgan fingerprint density at radius 2 is 1.50 bits per heavy atom. The van der Waals surface area contributed by atoms with Gasteiger partial charge in [0.1, 0.15) is 0 Å². The first-order valence-corrected chi connectivity index (χ1v) is 10.5. The lowest BCUT2D eigenvalue weighted by atomic mass is 10.1. The first-order valence-electron chi connectivity index (χ1n) is 9.28. The molecule has 30 heavy (non-hydrogen) atoms. The van der Waals surface area contributed by atoms with Crippen molar-refractivity contribution in [1.82, 2.24) is 4.90 Å². The van der Waals surface area contributed by atoms with Crippen molar-refractivity contribution in [3.63, 3.8) is 0 Å². The second-order valence-electron chi connectivity index (χ2n) is 7.30. The molecule has 0 N–H and O–H groups in total. The van der Waals surface area contributed by atoms with Crippen LogP contribution in [0.3, 0.4) is 0 Å². The molecular weight excluding hydrogens is 408 g/mol. The molecule has 1 aliphatic heterocycles. The molecule has 1 amide bonds. The van der Waals surface area contributed by atoms with Crippen LogP contribution in [-0.2, 0) is 11.2 Å². The predicted octanol–water partition coefficient (Wildman–Crippen LogP) is -1.15. The summed E-state index contributed by atoms with van der Waals surface area (Å²) in [6.07, 6.45) is 6.85. The number of halogens is 1. The molecule has 160 valence electrons. The van der Waals surface area contributed by atoms with Crippen LogP contribution in [0.15, 0.2) is 66.7 Å². The van der Waals surface area contributed by atoms with Crippen molar-refractivity contribution < 1.29 is 38.2 Å². The zero-order valence-corrected chi connectivity index (χ0v) is 17.9. The number of hydrogen-bond donors (Lipinski definition) is 0. The van der Waals surface area contributed by atoms with Crippen molar-refractivity contribution in [3.8, 4) is 0 Å². The van der Waals surface area contributed by atoms with E-state index in [4.69, 9.17) is 18.6 Å². The van der Waals surface area contributed by atoms with Gasteiger partial charge in [-0.2, -0.15) is 0 Å². The summed E-state index contributed by atoms with van der Waals surface area (Å²) in [6.45, 7) is 4.17. The Kier molecular flexibility index (Phi) is 7.89. The van der Waals surface area contributed by atoms with Crippen LogP contribution in [0.25, 0.3) is 6.08 Å². The van der Waals surface area contributed by atoms with Crippen molar-refractivity contribution in [3.05, 3.63) is 77.9 Å². The van der Waals surface area contributed by atoms with Gasteiger partial charge in [-0.1, -0.05) is 60.7 Å². The van der Waals surface area contributed by atoms with Gasteiger partial charge >= 0.3 is 0 Å². The average Bonchev–Trinajstić information content (AvgIpc) is 2.83. The Morgan fingerprint density at radius 1 is 1.00 bits per heavy atom. The molecule has 0 spiro atoms. The van der Waals surface area contributed by atoms with Gasteiger partial charge in [-0.05, 0) is 17.2 Å². The Hall–Kier alpha value is -2.55. The minimum absolute atomic E-state index is 0.165. The highest BCUT2D eigenvalue weighted by molar-refractivity contribution is 5.85. The molecule has 3 rings (SSSR count). The number of rotatable bonds is 4. The van der Waals surface area contributed by atoms with Crippen LogP contribution in [0.5, 0.6) is 0 Å². The van der Waals surface area contributed by atoms with E-state index in [1.54, 1.807) is 0 Å². The summed E-state index contributed by atoms with van der Waals surface area (Å²) in [7, 11) is -3.06. The molecule has 1 saturated heterocycles. The Balaban J connectivity index is 0.000000575. The second kappa shape index (κ2) is 9.97. The molecule has 0 unspecified atom stereocenters. The van der Waals surface area contributed by atoms with E-state index in [0.29, 0.717) is 6.42 Å². The lowest BCUT2D eigenvalue weighted by Crippen LogP contribution is -2.68. The SMILES string of the molecule is CN1C(=O)[C@H](Cc2ccccc2)/[N+](=C\C=C\c2ccccc2)C1(C)C.[O-][Cl+3]([O-])([O-])[O-]. The van der Waals surface area contributed by atoms with Crippen LogP contribution in [0.4, 0.5) is 0 Å². The molecule has 0 aromatic heterocycles. The van der Waals surface area contributed by atoms with Gasteiger partial charge in [-0.25, -0.2) is 23.2 Å². The van der Waals surface area contributed by atoms with Crippen LogP contribution < -0.4 is 18.6 Å². The number of allylic oxidation sites excluding steroid dienone is 1. The van der Waals surface area contributed by atoms with Gasteiger partial charge in [-0.3, -0.25) is 9.69 Å². The van der Waals surface area contributed by atoms with Gasteiger partial charge in [0, 0.05) is 33.4 Å². The van der Waals surface area contributed by atoms with Crippen LogP contribution >= 0.6 is 0 Å².